The Kier molecular flexibility index (Phi) is 7.15. The van der Waals surface area contributed by atoms with Crippen molar-refractivity contribution in [2.75, 3.05) is 25.4 Å². The summed E-state index contributed by atoms with van der Waals surface area (Å²) in [5, 5.41) is 3.30. The summed E-state index contributed by atoms with van der Waals surface area (Å²) >= 11 is 0. The van der Waals surface area contributed by atoms with Crippen LogP contribution in [0.2, 0.25) is 0 Å². The standard InChI is InChI=1S/C14H16N6O.2ClH/c15-13-12(18-4-5-19-13)14(21)20-7-6-17-9-11(20)10-2-1-3-16-8-10;;/h1-5,8,11,17H,6-7,9H2,(H2,15,19);2*1H. The van der Waals surface area contributed by atoms with E-state index in [-0.39, 0.29) is 48.3 Å². The first-order valence-electron chi connectivity index (χ1n) is 6.75. The molecule has 124 valence electrons. The van der Waals surface area contributed by atoms with Gasteiger partial charge in [-0.15, -0.1) is 24.8 Å². The van der Waals surface area contributed by atoms with Crippen LogP contribution in [0, 0.1) is 0 Å². The van der Waals surface area contributed by atoms with Crippen LogP contribution in [0.15, 0.2) is 36.9 Å². The molecular weight excluding hydrogens is 339 g/mol. The van der Waals surface area contributed by atoms with E-state index in [0.717, 1.165) is 12.1 Å². The molecule has 1 unspecified atom stereocenters. The van der Waals surface area contributed by atoms with Crippen molar-refractivity contribution >= 4 is 36.5 Å². The van der Waals surface area contributed by atoms with Crippen molar-refractivity contribution in [3.05, 3.63) is 48.2 Å². The number of halogens is 2. The molecule has 1 atom stereocenters. The number of carbonyl (C=O) groups excluding carboxylic acids is 1. The predicted molar refractivity (Wildman–Crippen MR) is 91.8 cm³/mol. The molecule has 1 aliphatic heterocycles. The van der Waals surface area contributed by atoms with E-state index in [1.54, 1.807) is 17.3 Å². The number of nitrogens with zero attached hydrogens (tertiary/aromatic N) is 4. The summed E-state index contributed by atoms with van der Waals surface area (Å²) in [5.74, 6) is -0.0399. The highest BCUT2D eigenvalue weighted by Gasteiger charge is 2.30. The Balaban J connectivity index is 0.00000132. The number of nitrogens with one attached hydrogen (secondary N) is 1. The highest BCUT2D eigenvalue weighted by atomic mass is 35.5. The highest BCUT2D eigenvalue weighted by molar-refractivity contribution is 5.96. The summed E-state index contributed by atoms with van der Waals surface area (Å²) in [6, 6.07) is 3.75. The predicted octanol–water partition coefficient (Wildman–Crippen LogP) is 1.08. The molecular formula is C14H18Cl2N6O. The molecule has 1 amide bonds. The van der Waals surface area contributed by atoms with Crippen LogP contribution in [-0.4, -0.2) is 45.4 Å². The molecule has 0 aromatic carbocycles. The highest BCUT2D eigenvalue weighted by Crippen LogP contribution is 2.23. The summed E-state index contributed by atoms with van der Waals surface area (Å²) in [4.78, 5) is 26.6. The maximum absolute atomic E-state index is 12.7. The van der Waals surface area contributed by atoms with Crippen molar-refractivity contribution in [2.45, 2.75) is 6.04 Å². The van der Waals surface area contributed by atoms with Gasteiger partial charge < -0.3 is 16.0 Å². The molecule has 0 spiro atoms. The number of pyridine rings is 1. The van der Waals surface area contributed by atoms with Gasteiger partial charge in [-0.3, -0.25) is 9.78 Å². The molecule has 1 saturated heterocycles. The largest absolute Gasteiger partial charge is 0.382 e. The lowest BCUT2D eigenvalue weighted by Gasteiger charge is -2.36. The van der Waals surface area contributed by atoms with Gasteiger partial charge in [-0.05, 0) is 11.6 Å². The van der Waals surface area contributed by atoms with Crippen molar-refractivity contribution in [2.24, 2.45) is 0 Å². The quantitative estimate of drug-likeness (QED) is 0.835. The van der Waals surface area contributed by atoms with Crippen molar-refractivity contribution < 1.29 is 4.79 Å². The SMILES string of the molecule is Cl.Cl.Nc1nccnc1C(=O)N1CCNCC1c1cccnc1. The average molecular weight is 357 g/mol. The van der Waals surface area contributed by atoms with Gasteiger partial charge in [0.25, 0.3) is 5.91 Å². The third kappa shape index (κ3) is 4.07. The van der Waals surface area contributed by atoms with Crippen LogP contribution < -0.4 is 11.1 Å². The number of anilines is 1. The van der Waals surface area contributed by atoms with Gasteiger partial charge in [0.2, 0.25) is 0 Å². The summed E-state index contributed by atoms with van der Waals surface area (Å²) in [6.45, 7) is 2.01. The molecule has 0 radical (unpaired) electrons. The van der Waals surface area contributed by atoms with Crippen molar-refractivity contribution in [3.63, 3.8) is 0 Å². The zero-order chi connectivity index (χ0) is 14.7. The summed E-state index contributed by atoms with van der Waals surface area (Å²) in [5.41, 5.74) is 6.95. The van der Waals surface area contributed by atoms with Crippen molar-refractivity contribution in [1.29, 1.82) is 0 Å². The molecule has 3 rings (SSSR count). The average Bonchev–Trinajstić information content (AvgIpc) is 2.55. The number of hydrogen-bond donors (Lipinski definition) is 2. The fraction of sp³-hybridized carbons (Fsp3) is 0.286. The minimum absolute atomic E-state index is 0. The summed E-state index contributed by atoms with van der Waals surface area (Å²) < 4.78 is 0. The third-order valence-electron chi connectivity index (χ3n) is 3.50. The van der Waals surface area contributed by atoms with Gasteiger partial charge in [-0.25, -0.2) is 9.97 Å². The maximum Gasteiger partial charge on any atom is 0.276 e. The lowest BCUT2D eigenvalue weighted by atomic mass is 10.0. The van der Waals surface area contributed by atoms with Gasteiger partial charge in [0.1, 0.15) is 0 Å². The Bertz CT molecular complexity index is 642. The van der Waals surface area contributed by atoms with E-state index >= 15 is 0 Å². The molecule has 2 aromatic heterocycles. The first kappa shape index (κ1) is 19.1. The smallest absolute Gasteiger partial charge is 0.276 e. The summed E-state index contributed by atoms with van der Waals surface area (Å²) in [6.07, 6.45) is 6.44. The molecule has 7 nitrogen and oxygen atoms in total. The van der Waals surface area contributed by atoms with E-state index in [1.165, 1.54) is 12.4 Å². The molecule has 0 bridgehead atoms. The Morgan fingerprint density at radius 3 is 2.74 bits per heavy atom. The fourth-order valence-electron chi connectivity index (χ4n) is 2.47. The number of hydrogen-bond acceptors (Lipinski definition) is 6. The second-order valence-corrected chi connectivity index (χ2v) is 4.80. The van der Waals surface area contributed by atoms with Gasteiger partial charge in [0.15, 0.2) is 11.5 Å². The minimum atomic E-state index is -0.198. The number of carbonyl (C=O) groups is 1. The van der Waals surface area contributed by atoms with Crippen LogP contribution >= 0.6 is 24.8 Å². The van der Waals surface area contributed by atoms with Gasteiger partial charge in [-0.1, -0.05) is 6.07 Å². The monoisotopic (exact) mass is 356 g/mol. The number of nitrogen functional groups attached to an aromatic ring is 1. The Hall–Kier alpha value is -1.96. The van der Waals surface area contributed by atoms with Crippen LogP contribution in [0.1, 0.15) is 22.1 Å². The molecule has 2 aromatic rings. The third-order valence-corrected chi connectivity index (χ3v) is 3.50. The number of aromatic nitrogens is 3. The van der Waals surface area contributed by atoms with Crippen LogP contribution in [0.4, 0.5) is 5.82 Å². The second kappa shape index (κ2) is 8.61. The van der Waals surface area contributed by atoms with Gasteiger partial charge in [-0.2, -0.15) is 0 Å². The number of rotatable bonds is 2. The van der Waals surface area contributed by atoms with Crippen molar-refractivity contribution in [1.82, 2.24) is 25.2 Å². The van der Waals surface area contributed by atoms with Gasteiger partial charge in [0, 0.05) is 44.4 Å². The topological polar surface area (TPSA) is 97.0 Å². The molecule has 9 heteroatoms. The molecule has 0 aliphatic carbocycles. The van der Waals surface area contributed by atoms with E-state index in [9.17, 15) is 4.79 Å². The minimum Gasteiger partial charge on any atom is -0.382 e. The van der Waals surface area contributed by atoms with Crippen LogP contribution in [0.25, 0.3) is 0 Å². The molecule has 0 saturated carbocycles. The maximum atomic E-state index is 12.7. The number of amides is 1. The zero-order valence-corrected chi connectivity index (χ0v) is 13.9. The lowest BCUT2D eigenvalue weighted by Crippen LogP contribution is -2.49. The molecule has 1 fully saturated rings. The molecule has 23 heavy (non-hydrogen) atoms. The Morgan fingerprint density at radius 2 is 2.04 bits per heavy atom. The molecule has 1 aliphatic rings. The van der Waals surface area contributed by atoms with Crippen LogP contribution in [-0.2, 0) is 0 Å². The van der Waals surface area contributed by atoms with Crippen molar-refractivity contribution in [3.8, 4) is 0 Å². The lowest BCUT2D eigenvalue weighted by molar-refractivity contribution is 0.0628. The molecule has 3 N–H and O–H groups in total. The van der Waals surface area contributed by atoms with E-state index in [0.29, 0.717) is 13.1 Å². The second-order valence-electron chi connectivity index (χ2n) is 4.80. The summed E-state index contributed by atoms with van der Waals surface area (Å²) in [7, 11) is 0. The van der Waals surface area contributed by atoms with Crippen LogP contribution in [0.5, 0.6) is 0 Å². The first-order chi connectivity index (χ1) is 10.3. The normalized spacial score (nSPS) is 16.9. The Morgan fingerprint density at radius 1 is 1.26 bits per heavy atom. The number of nitrogens with two attached hydrogens (primary N) is 1. The zero-order valence-electron chi connectivity index (χ0n) is 12.3. The number of piperazine rings is 1. The fourth-order valence-corrected chi connectivity index (χ4v) is 2.47. The van der Waals surface area contributed by atoms with E-state index in [1.807, 2.05) is 12.1 Å². The van der Waals surface area contributed by atoms with Crippen LogP contribution in [0.3, 0.4) is 0 Å². The Labute approximate surface area is 146 Å². The van der Waals surface area contributed by atoms with Gasteiger partial charge in [0.05, 0.1) is 6.04 Å². The van der Waals surface area contributed by atoms with E-state index in [4.69, 9.17) is 5.73 Å². The first-order valence-corrected chi connectivity index (χ1v) is 6.75. The van der Waals surface area contributed by atoms with E-state index in [2.05, 4.69) is 20.3 Å². The van der Waals surface area contributed by atoms with E-state index < -0.39 is 0 Å². The van der Waals surface area contributed by atoms with Gasteiger partial charge >= 0.3 is 0 Å². The molecule has 3 heterocycles.